The van der Waals surface area contributed by atoms with Gasteiger partial charge in [0, 0.05) is 0 Å². The molecule has 5 saturated carbocycles. The Bertz CT molecular complexity index is 378. The third kappa shape index (κ3) is 1.64. The smallest absolute Gasteiger partial charge is 0.0695 e. The van der Waals surface area contributed by atoms with E-state index in [-0.39, 0.29) is 11.5 Å². The van der Waals surface area contributed by atoms with Gasteiger partial charge in [-0.1, -0.05) is 0 Å². The van der Waals surface area contributed by atoms with Gasteiger partial charge in [0.1, 0.15) is 0 Å². The lowest BCUT2D eigenvalue weighted by atomic mass is 9.41. The molecule has 0 saturated heterocycles. The summed E-state index contributed by atoms with van der Waals surface area (Å²) in [4.78, 5) is 0. The maximum absolute atomic E-state index is 9.96. The zero-order chi connectivity index (χ0) is 13.1. The van der Waals surface area contributed by atoms with E-state index in [9.17, 15) is 10.4 Å². The molecule has 0 atom stereocenters. The molecule has 19 heavy (non-hydrogen) atoms. The van der Waals surface area contributed by atoms with Gasteiger partial charge in [0.25, 0.3) is 0 Å². The monoisotopic (exact) mass is 259 g/mol. The van der Waals surface area contributed by atoms with E-state index in [4.69, 9.17) is 0 Å². The fourth-order valence-corrected chi connectivity index (χ4v) is 6.55. The fraction of sp³-hybridized carbons (Fsp3) is 0.941. The molecule has 5 aliphatic rings. The summed E-state index contributed by atoms with van der Waals surface area (Å²) in [5.74, 6) is 2.76. The highest BCUT2D eigenvalue weighted by Gasteiger charge is 2.60. The van der Waals surface area contributed by atoms with Crippen LogP contribution >= 0.6 is 0 Å². The van der Waals surface area contributed by atoms with Crippen molar-refractivity contribution in [2.24, 2.45) is 28.6 Å². The predicted molar refractivity (Wildman–Crippen MR) is 73.1 cm³/mol. The van der Waals surface area contributed by atoms with Gasteiger partial charge in [-0.05, 0) is 87.4 Å². The van der Waals surface area contributed by atoms with Crippen molar-refractivity contribution >= 4 is 0 Å². The summed E-state index contributed by atoms with van der Waals surface area (Å²) in [5, 5.41) is 19.8. The van der Waals surface area contributed by atoms with Gasteiger partial charge in [0.15, 0.2) is 0 Å². The normalized spacial score (nSPS) is 56.0. The third-order valence-electron chi connectivity index (χ3n) is 7.08. The maximum atomic E-state index is 9.96. The van der Waals surface area contributed by atoms with Gasteiger partial charge in [0.05, 0.1) is 17.6 Å². The molecule has 5 aliphatic carbocycles. The molecule has 5 rings (SSSR count). The molecule has 0 radical (unpaired) electrons. The molecule has 2 heteroatoms. The average molecular weight is 259 g/mol. The zero-order valence-corrected chi connectivity index (χ0v) is 11.8. The molecule has 2 nitrogen and oxygen atoms in total. The molecular formula is C17H25NO. The predicted octanol–water partition coefficient (Wildman–Crippen LogP) is 3.65. The Hall–Kier alpha value is -0.550. The van der Waals surface area contributed by atoms with Crippen molar-refractivity contribution in [1.82, 2.24) is 0 Å². The van der Waals surface area contributed by atoms with Crippen LogP contribution in [0.2, 0.25) is 0 Å². The summed E-state index contributed by atoms with van der Waals surface area (Å²) in [7, 11) is 0. The molecule has 1 N–H and O–H groups in total. The summed E-state index contributed by atoms with van der Waals surface area (Å²) in [6.45, 7) is 0. The van der Waals surface area contributed by atoms with Crippen molar-refractivity contribution in [1.29, 1.82) is 5.26 Å². The van der Waals surface area contributed by atoms with E-state index in [0.717, 1.165) is 43.4 Å². The molecule has 0 spiro atoms. The second-order valence-corrected chi connectivity index (χ2v) is 8.12. The molecule has 0 aromatic heterocycles. The lowest BCUT2D eigenvalue weighted by Crippen LogP contribution is -2.55. The first-order valence-electron chi connectivity index (χ1n) is 8.24. The number of nitriles is 1. The van der Waals surface area contributed by atoms with E-state index in [0.29, 0.717) is 5.41 Å². The summed E-state index contributed by atoms with van der Waals surface area (Å²) in [5.41, 5.74) is 0.235. The largest absolute Gasteiger partial charge is 0.393 e. The van der Waals surface area contributed by atoms with Crippen molar-refractivity contribution in [2.45, 2.75) is 70.3 Å². The Kier molecular flexibility index (Phi) is 2.56. The highest BCUT2D eigenvalue weighted by Crippen LogP contribution is 2.68. The Morgan fingerprint density at radius 2 is 1.37 bits per heavy atom. The lowest BCUT2D eigenvalue weighted by Gasteiger charge is -2.63. The van der Waals surface area contributed by atoms with E-state index < -0.39 is 0 Å². The Labute approximate surface area is 116 Å². The van der Waals surface area contributed by atoms with E-state index in [1.54, 1.807) is 0 Å². The highest BCUT2D eigenvalue weighted by atomic mass is 16.3. The number of rotatable bonds is 1. The number of hydrogen-bond acceptors (Lipinski definition) is 2. The second-order valence-electron chi connectivity index (χ2n) is 8.12. The molecule has 4 bridgehead atoms. The minimum absolute atomic E-state index is 0.0950. The molecule has 0 aromatic rings. The van der Waals surface area contributed by atoms with Crippen LogP contribution in [0.5, 0.6) is 0 Å². The van der Waals surface area contributed by atoms with Crippen molar-refractivity contribution in [3.05, 3.63) is 0 Å². The summed E-state index contributed by atoms with van der Waals surface area (Å²) < 4.78 is 0. The van der Waals surface area contributed by atoms with Gasteiger partial charge >= 0.3 is 0 Å². The van der Waals surface area contributed by atoms with Crippen LogP contribution in [-0.4, -0.2) is 11.2 Å². The van der Waals surface area contributed by atoms with Gasteiger partial charge in [0.2, 0.25) is 0 Å². The quantitative estimate of drug-likeness (QED) is 0.781. The van der Waals surface area contributed by atoms with Crippen LogP contribution in [0.3, 0.4) is 0 Å². The first-order chi connectivity index (χ1) is 9.15. The van der Waals surface area contributed by atoms with Gasteiger partial charge in [-0.25, -0.2) is 0 Å². The van der Waals surface area contributed by atoms with Crippen LogP contribution < -0.4 is 0 Å². The van der Waals surface area contributed by atoms with Crippen molar-refractivity contribution < 1.29 is 5.11 Å². The fourth-order valence-electron chi connectivity index (χ4n) is 6.55. The maximum Gasteiger partial charge on any atom is 0.0695 e. The second kappa shape index (κ2) is 3.98. The van der Waals surface area contributed by atoms with E-state index >= 15 is 0 Å². The van der Waals surface area contributed by atoms with Crippen molar-refractivity contribution in [2.75, 3.05) is 0 Å². The summed E-state index contributed by atoms with van der Waals surface area (Å²) in [6, 6.07) is 2.78. The standard InChI is InChI=1S/C17H25NO/c18-11-16(3-1-15(19)2-4-16)17-8-12-5-13(9-17)7-14(6-12)10-17/h12-15,19H,1-10H2. The van der Waals surface area contributed by atoms with Crippen LogP contribution in [-0.2, 0) is 0 Å². The highest BCUT2D eigenvalue weighted by molar-refractivity contribution is 5.17. The molecular weight excluding hydrogens is 234 g/mol. The molecule has 0 unspecified atom stereocenters. The Morgan fingerprint density at radius 3 is 1.79 bits per heavy atom. The van der Waals surface area contributed by atoms with Gasteiger partial charge in [-0.3, -0.25) is 0 Å². The number of nitrogens with zero attached hydrogens (tertiary/aromatic N) is 1. The molecule has 0 heterocycles. The lowest BCUT2D eigenvalue weighted by molar-refractivity contribution is -0.129. The summed E-state index contributed by atoms with van der Waals surface area (Å²) >= 11 is 0. The van der Waals surface area contributed by atoms with Crippen LogP contribution in [0, 0.1) is 39.9 Å². The minimum atomic E-state index is -0.143. The van der Waals surface area contributed by atoms with Crippen molar-refractivity contribution in [3.63, 3.8) is 0 Å². The van der Waals surface area contributed by atoms with Crippen LogP contribution in [0.4, 0.5) is 0 Å². The third-order valence-corrected chi connectivity index (χ3v) is 7.08. The average Bonchev–Trinajstić information content (AvgIpc) is 2.38. The van der Waals surface area contributed by atoms with Gasteiger partial charge in [-0.15, -0.1) is 0 Å². The molecule has 0 amide bonds. The number of aliphatic hydroxyl groups is 1. The van der Waals surface area contributed by atoms with Crippen LogP contribution in [0.15, 0.2) is 0 Å². The Morgan fingerprint density at radius 1 is 0.895 bits per heavy atom. The minimum Gasteiger partial charge on any atom is -0.393 e. The number of aliphatic hydroxyl groups excluding tert-OH is 1. The molecule has 0 aromatic carbocycles. The summed E-state index contributed by atoms with van der Waals surface area (Å²) in [6.07, 6.45) is 11.8. The van der Waals surface area contributed by atoms with E-state index in [1.165, 1.54) is 38.5 Å². The molecule has 104 valence electrons. The van der Waals surface area contributed by atoms with Crippen molar-refractivity contribution in [3.8, 4) is 6.07 Å². The van der Waals surface area contributed by atoms with Gasteiger partial charge in [-0.2, -0.15) is 5.26 Å². The van der Waals surface area contributed by atoms with E-state index in [1.807, 2.05) is 0 Å². The zero-order valence-electron chi connectivity index (χ0n) is 11.8. The molecule has 5 fully saturated rings. The SMILES string of the molecule is N#CC1(C23CC4CC(CC(C4)C2)C3)CCC(O)CC1. The first kappa shape index (κ1) is 12.2. The van der Waals surface area contributed by atoms with Crippen LogP contribution in [0.25, 0.3) is 0 Å². The van der Waals surface area contributed by atoms with Crippen LogP contribution in [0.1, 0.15) is 64.2 Å². The Balaban J connectivity index is 1.68. The van der Waals surface area contributed by atoms with Gasteiger partial charge < -0.3 is 5.11 Å². The van der Waals surface area contributed by atoms with E-state index in [2.05, 4.69) is 6.07 Å². The topological polar surface area (TPSA) is 44.0 Å². The first-order valence-corrected chi connectivity index (χ1v) is 8.24. The molecule has 0 aliphatic heterocycles. The number of hydrogen-bond donors (Lipinski definition) is 1.